The number of benzene rings is 1. The first-order valence-electron chi connectivity index (χ1n) is 8.69. The van der Waals surface area contributed by atoms with Gasteiger partial charge in [-0.2, -0.15) is 0 Å². The molecule has 0 bridgehead atoms. The number of halogens is 1. The molecule has 0 saturated heterocycles. The average Bonchev–Trinajstić information content (AvgIpc) is 2.57. The minimum Gasteiger partial charge on any atom is -0.0991 e. The van der Waals surface area contributed by atoms with Gasteiger partial charge in [0.2, 0.25) is 0 Å². The molecule has 0 aliphatic heterocycles. The molecule has 0 fully saturated rings. The topological polar surface area (TPSA) is 0 Å². The Balaban J connectivity index is 1.91. The highest BCUT2D eigenvalue weighted by Crippen LogP contribution is 2.51. The van der Waals surface area contributed by atoms with Crippen molar-refractivity contribution in [3.8, 4) is 0 Å². The van der Waals surface area contributed by atoms with Gasteiger partial charge in [-0.3, -0.25) is 0 Å². The smallest absolute Gasteiger partial charge is 0.0213 e. The molecule has 0 saturated carbocycles. The summed E-state index contributed by atoms with van der Waals surface area (Å²) >= 11 is 2.68. The summed E-state index contributed by atoms with van der Waals surface area (Å²) in [7, 11) is 0. The number of hydrogen-bond donors (Lipinski definition) is 0. The third kappa shape index (κ3) is 2.48. The zero-order valence-electron chi connectivity index (χ0n) is 13.7. The van der Waals surface area contributed by atoms with Crippen molar-refractivity contribution >= 4 is 33.7 Å². The van der Waals surface area contributed by atoms with Gasteiger partial charge in [-0.25, -0.2) is 0 Å². The zero-order valence-corrected chi connectivity index (χ0v) is 15.9. The zero-order chi connectivity index (χ0) is 16.0. The van der Waals surface area contributed by atoms with Gasteiger partial charge in [0, 0.05) is 3.92 Å². The fourth-order valence-corrected chi connectivity index (χ4v) is 5.62. The highest BCUT2D eigenvalue weighted by Gasteiger charge is 2.36. The molecule has 1 unspecified atom stereocenters. The molecule has 1 aromatic rings. The van der Waals surface area contributed by atoms with Gasteiger partial charge in [-0.15, -0.1) is 0 Å². The first-order valence-corrected chi connectivity index (χ1v) is 9.93. The van der Waals surface area contributed by atoms with Crippen LogP contribution in [0, 0.1) is 5.92 Å². The van der Waals surface area contributed by atoms with Gasteiger partial charge in [-0.05, 0) is 78.4 Å². The molecule has 0 spiro atoms. The standard InChI is InChI=1S/C22H23I/c1-3-6-14(2)16-8-5-9-17-18-11-12-21(23)19-10-4-7-15(22(18)19)13-20(16)17/h3,5-6,8-9,11,19,21H,1,4,7,10,12-13H2,2H3/b14-6-/t19?,21-/m0/s1. The third-order valence-electron chi connectivity index (χ3n) is 5.67. The largest absolute Gasteiger partial charge is 0.0991 e. The van der Waals surface area contributed by atoms with Crippen molar-refractivity contribution in [2.75, 3.05) is 0 Å². The Morgan fingerprint density at radius 2 is 2.22 bits per heavy atom. The van der Waals surface area contributed by atoms with Crippen LogP contribution in [0.25, 0.3) is 11.1 Å². The lowest BCUT2D eigenvalue weighted by Crippen LogP contribution is -2.28. The monoisotopic (exact) mass is 414 g/mol. The van der Waals surface area contributed by atoms with Crippen LogP contribution in [0.2, 0.25) is 0 Å². The van der Waals surface area contributed by atoms with Crippen LogP contribution in [0.3, 0.4) is 0 Å². The van der Waals surface area contributed by atoms with Crippen molar-refractivity contribution in [2.45, 2.75) is 43.0 Å². The van der Waals surface area contributed by atoms with Gasteiger partial charge in [0.1, 0.15) is 0 Å². The number of allylic oxidation sites excluding steroid dienone is 7. The van der Waals surface area contributed by atoms with Crippen LogP contribution < -0.4 is 0 Å². The van der Waals surface area contributed by atoms with E-state index in [-0.39, 0.29) is 0 Å². The van der Waals surface area contributed by atoms with Crippen LogP contribution in [-0.2, 0) is 6.42 Å². The van der Waals surface area contributed by atoms with E-state index in [9.17, 15) is 0 Å². The summed E-state index contributed by atoms with van der Waals surface area (Å²) in [6.45, 7) is 6.07. The van der Waals surface area contributed by atoms with Crippen molar-refractivity contribution in [2.24, 2.45) is 5.92 Å². The second-order valence-electron chi connectivity index (χ2n) is 6.98. The van der Waals surface area contributed by atoms with Crippen LogP contribution in [0.5, 0.6) is 0 Å². The van der Waals surface area contributed by atoms with E-state index in [0.717, 1.165) is 16.3 Å². The van der Waals surface area contributed by atoms with Gasteiger partial charge in [0.15, 0.2) is 0 Å². The van der Waals surface area contributed by atoms with Crippen molar-refractivity contribution in [3.63, 3.8) is 0 Å². The molecular formula is C22H23I. The molecule has 0 aromatic heterocycles. The minimum atomic E-state index is 0.786. The second-order valence-corrected chi connectivity index (χ2v) is 8.58. The fourth-order valence-electron chi connectivity index (χ4n) is 4.65. The molecule has 1 heteroatoms. The molecule has 1 aromatic carbocycles. The molecule has 118 valence electrons. The van der Waals surface area contributed by atoms with Crippen LogP contribution in [-0.4, -0.2) is 3.92 Å². The van der Waals surface area contributed by atoms with E-state index in [1.807, 2.05) is 6.08 Å². The van der Waals surface area contributed by atoms with E-state index < -0.39 is 0 Å². The Hall–Kier alpha value is -1.09. The Kier molecular flexibility index (Phi) is 4.08. The number of fused-ring (bicyclic) bond motifs is 2. The SMILES string of the molecule is C=C/C=C(/C)c1cccc2c1CC1=C3C2=CC[C@H](I)C3CCC1. The van der Waals surface area contributed by atoms with Crippen LogP contribution in [0.15, 0.2) is 54.2 Å². The Morgan fingerprint density at radius 1 is 1.35 bits per heavy atom. The molecule has 0 heterocycles. The summed E-state index contributed by atoms with van der Waals surface area (Å²) in [5.74, 6) is 0.793. The predicted octanol–water partition coefficient (Wildman–Crippen LogP) is 6.52. The maximum atomic E-state index is 3.86. The Labute approximate surface area is 153 Å². The highest BCUT2D eigenvalue weighted by atomic mass is 127. The Morgan fingerprint density at radius 3 is 3.04 bits per heavy atom. The van der Waals surface area contributed by atoms with Crippen LogP contribution in [0.4, 0.5) is 0 Å². The van der Waals surface area contributed by atoms with Crippen molar-refractivity contribution < 1.29 is 0 Å². The molecule has 23 heavy (non-hydrogen) atoms. The fraction of sp³-hybridized carbons (Fsp3) is 0.364. The molecule has 3 aliphatic rings. The van der Waals surface area contributed by atoms with E-state index in [2.05, 4.69) is 66.4 Å². The molecule has 0 nitrogen and oxygen atoms in total. The van der Waals surface area contributed by atoms with Gasteiger partial charge >= 0.3 is 0 Å². The van der Waals surface area contributed by atoms with Crippen LogP contribution >= 0.6 is 22.6 Å². The predicted molar refractivity (Wildman–Crippen MR) is 109 cm³/mol. The van der Waals surface area contributed by atoms with Crippen molar-refractivity contribution in [3.05, 3.63) is 70.8 Å². The molecule has 0 N–H and O–H groups in total. The summed E-state index contributed by atoms with van der Waals surface area (Å²) in [6.07, 6.45) is 13.0. The first kappa shape index (κ1) is 15.4. The summed E-state index contributed by atoms with van der Waals surface area (Å²) < 4.78 is 0.786. The second kappa shape index (κ2) is 6.08. The molecule has 3 aliphatic carbocycles. The molecule has 4 rings (SSSR count). The van der Waals surface area contributed by atoms with Gasteiger partial charge in [0.25, 0.3) is 0 Å². The number of rotatable bonds is 2. The maximum Gasteiger partial charge on any atom is 0.0213 e. The maximum absolute atomic E-state index is 3.86. The lowest BCUT2D eigenvalue weighted by molar-refractivity contribution is 0.488. The normalized spacial score (nSPS) is 26.3. The third-order valence-corrected chi connectivity index (χ3v) is 7.04. The average molecular weight is 414 g/mol. The quantitative estimate of drug-likeness (QED) is 0.294. The summed E-state index contributed by atoms with van der Waals surface area (Å²) in [4.78, 5) is 0. The van der Waals surface area contributed by atoms with E-state index in [1.165, 1.54) is 42.4 Å². The van der Waals surface area contributed by atoms with E-state index >= 15 is 0 Å². The minimum absolute atomic E-state index is 0.786. The molecule has 0 amide bonds. The van der Waals surface area contributed by atoms with Gasteiger partial charge in [-0.1, -0.05) is 71.2 Å². The summed E-state index contributed by atoms with van der Waals surface area (Å²) in [5, 5.41) is 0. The molecule has 0 radical (unpaired) electrons. The summed E-state index contributed by atoms with van der Waals surface area (Å²) in [6, 6.07) is 6.86. The van der Waals surface area contributed by atoms with Gasteiger partial charge in [0.05, 0.1) is 0 Å². The number of hydrogen-bond acceptors (Lipinski definition) is 0. The Bertz CT molecular complexity index is 760. The van der Waals surface area contributed by atoms with Crippen molar-refractivity contribution in [1.29, 1.82) is 0 Å². The number of alkyl halides is 1. The lowest BCUT2D eigenvalue weighted by atomic mass is 9.66. The molecular weight excluding hydrogens is 391 g/mol. The van der Waals surface area contributed by atoms with E-state index in [1.54, 1.807) is 22.3 Å². The highest BCUT2D eigenvalue weighted by molar-refractivity contribution is 14.1. The van der Waals surface area contributed by atoms with Crippen LogP contribution in [0.1, 0.15) is 49.3 Å². The first-order chi connectivity index (χ1) is 11.2. The summed E-state index contributed by atoms with van der Waals surface area (Å²) in [5.41, 5.74) is 10.8. The van der Waals surface area contributed by atoms with E-state index in [4.69, 9.17) is 0 Å². The lowest BCUT2D eigenvalue weighted by Gasteiger charge is -2.40. The van der Waals surface area contributed by atoms with Crippen molar-refractivity contribution in [1.82, 2.24) is 0 Å². The van der Waals surface area contributed by atoms with E-state index in [0.29, 0.717) is 0 Å². The van der Waals surface area contributed by atoms with Gasteiger partial charge < -0.3 is 0 Å². The molecule has 2 atom stereocenters.